The molecule has 0 aliphatic heterocycles. The minimum Gasteiger partial charge on any atom is -0.483 e. The Bertz CT molecular complexity index is 1240. The lowest BCUT2D eigenvalue weighted by molar-refractivity contribution is -0.131. The van der Waals surface area contributed by atoms with Gasteiger partial charge in [0.1, 0.15) is 11.5 Å². The summed E-state index contributed by atoms with van der Waals surface area (Å²) in [5, 5.41) is 5.66. The fourth-order valence-electron chi connectivity index (χ4n) is 3.55. The molecule has 0 fully saturated rings. The van der Waals surface area contributed by atoms with Crippen molar-refractivity contribution in [3.05, 3.63) is 89.0 Å². The van der Waals surface area contributed by atoms with Gasteiger partial charge in [-0.2, -0.15) is 0 Å². The second-order valence-corrected chi connectivity index (χ2v) is 9.59. The molecule has 0 aromatic heterocycles. The fraction of sp³-hybridized carbons (Fsp3) is 0.276. The summed E-state index contributed by atoms with van der Waals surface area (Å²) in [6.45, 7) is 9.87. The summed E-state index contributed by atoms with van der Waals surface area (Å²) in [6, 6.07) is 19.6. The molecule has 0 aliphatic carbocycles. The van der Waals surface area contributed by atoms with Gasteiger partial charge in [-0.05, 0) is 59.9 Å². The molecule has 188 valence electrons. The molecule has 0 unspecified atom stereocenters. The number of hydrogen-bond acceptors (Lipinski definition) is 5. The van der Waals surface area contributed by atoms with E-state index in [1.807, 2.05) is 31.2 Å². The molecular formula is C29H32N2O5. The van der Waals surface area contributed by atoms with Crippen molar-refractivity contribution in [1.29, 1.82) is 0 Å². The summed E-state index contributed by atoms with van der Waals surface area (Å²) < 4.78 is 10.8. The van der Waals surface area contributed by atoms with Gasteiger partial charge in [-0.3, -0.25) is 14.4 Å². The molecule has 3 rings (SSSR count). The standard InChI is InChI=1S/C29H32N2O5/c1-19-9-14-26(25(15-19)29(3,4)5)35-18-27(33)31-23-12-10-21(11-13-23)17-30-28(34)22-7-6-8-24(16-22)36-20(2)32/h6-16H,17-18H2,1-5H3,(H,30,34)(H,31,33). The van der Waals surface area contributed by atoms with Crippen LogP contribution in [0.15, 0.2) is 66.7 Å². The quantitative estimate of drug-likeness (QED) is 0.337. The highest BCUT2D eigenvalue weighted by atomic mass is 16.5. The first-order valence-electron chi connectivity index (χ1n) is 11.7. The van der Waals surface area contributed by atoms with Gasteiger partial charge in [0.05, 0.1) is 0 Å². The van der Waals surface area contributed by atoms with Crippen molar-refractivity contribution in [3.8, 4) is 11.5 Å². The highest BCUT2D eigenvalue weighted by Crippen LogP contribution is 2.32. The molecule has 0 spiro atoms. The zero-order valence-corrected chi connectivity index (χ0v) is 21.3. The van der Waals surface area contributed by atoms with Crippen LogP contribution in [0.2, 0.25) is 0 Å². The Labute approximate surface area is 211 Å². The van der Waals surface area contributed by atoms with Crippen molar-refractivity contribution in [1.82, 2.24) is 5.32 Å². The zero-order valence-electron chi connectivity index (χ0n) is 21.3. The number of hydrogen-bond donors (Lipinski definition) is 2. The number of aryl methyl sites for hydroxylation is 1. The van der Waals surface area contributed by atoms with Crippen molar-refractivity contribution in [2.75, 3.05) is 11.9 Å². The molecule has 36 heavy (non-hydrogen) atoms. The van der Waals surface area contributed by atoms with Gasteiger partial charge in [-0.15, -0.1) is 0 Å². The second kappa shape index (κ2) is 11.5. The van der Waals surface area contributed by atoms with Crippen LogP contribution >= 0.6 is 0 Å². The summed E-state index contributed by atoms with van der Waals surface area (Å²) in [5.41, 5.74) is 3.98. The van der Waals surface area contributed by atoms with Crippen molar-refractivity contribution in [3.63, 3.8) is 0 Å². The molecule has 2 N–H and O–H groups in total. The van der Waals surface area contributed by atoms with Gasteiger partial charge in [0.2, 0.25) is 0 Å². The largest absolute Gasteiger partial charge is 0.483 e. The number of carbonyl (C=O) groups is 3. The number of anilines is 1. The van der Waals surface area contributed by atoms with E-state index in [2.05, 4.69) is 37.5 Å². The van der Waals surface area contributed by atoms with Crippen molar-refractivity contribution >= 4 is 23.5 Å². The monoisotopic (exact) mass is 488 g/mol. The molecule has 0 heterocycles. The van der Waals surface area contributed by atoms with Gasteiger partial charge in [0.25, 0.3) is 11.8 Å². The normalized spacial score (nSPS) is 10.9. The number of benzene rings is 3. The van der Waals surface area contributed by atoms with Gasteiger partial charge in [-0.1, -0.05) is 56.7 Å². The van der Waals surface area contributed by atoms with Crippen LogP contribution in [0.4, 0.5) is 5.69 Å². The van der Waals surface area contributed by atoms with Crippen LogP contribution in [0.3, 0.4) is 0 Å². The summed E-state index contributed by atoms with van der Waals surface area (Å²) in [4.78, 5) is 36.0. The van der Waals surface area contributed by atoms with E-state index in [1.165, 1.54) is 13.0 Å². The van der Waals surface area contributed by atoms with Gasteiger partial charge < -0.3 is 20.1 Å². The van der Waals surface area contributed by atoms with E-state index in [9.17, 15) is 14.4 Å². The molecular weight excluding hydrogens is 456 g/mol. The lowest BCUT2D eigenvalue weighted by Crippen LogP contribution is -2.23. The van der Waals surface area contributed by atoms with Crippen LogP contribution in [-0.4, -0.2) is 24.4 Å². The van der Waals surface area contributed by atoms with Crippen LogP contribution in [-0.2, 0) is 21.5 Å². The van der Waals surface area contributed by atoms with E-state index in [1.54, 1.807) is 30.3 Å². The predicted octanol–water partition coefficient (Wildman–Crippen LogP) is 5.17. The first kappa shape index (κ1) is 26.5. The number of nitrogens with one attached hydrogen (secondary N) is 2. The Balaban J connectivity index is 1.51. The zero-order chi connectivity index (χ0) is 26.3. The number of ether oxygens (including phenoxy) is 2. The lowest BCUT2D eigenvalue weighted by atomic mass is 9.85. The maximum absolute atomic E-state index is 12.4. The molecule has 3 aromatic carbocycles. The van der Waals surface area contributed by atoms with Crippen LogP contribution in [0, 0.1) is 6.92 Å². The van der Waals surface area contributed by atoms with Gasteiger partial charge in [-0.25, -0.2) is 0 Å². The number of rotatable bonds is 8. The maximum atomic E-state index is 12.4. The molecule has 3 aromatic rings. The van der Waals surface area contributed by atoms with Gasteiger partial charge >= 0.3 is 5.97 Å². The summed E-state index contributed by atoms with van der Waals surface area (Å²) in [5.74, 6) is 0.0217. The fourth-order valence-corrected chi connectivity index (χ4v) is 3.55. The first-order valence-corrected chi connectivity index (χ1v) is 11.7. The van der Waals surface area contributed by atoms with Gasteiger partial charge in [0.15, 0.2) is 6.61 Å². The first-order chi connectivity index (χ1) is 17.0. The van der Waals surface area contributed by atoms with Crippen LogP contribution in [0.1, 0.15) is 54.7 Å². The molecule has 0 bridgehead atoms. The molecule has 0 aliphatic rings. The molecule has 0 radical (unpaired) electrons. The molecule has 0 saturated carbocycles. The minimum atomic E-state index is -0.448. The Morgan fingerprint density at radius 1 is 0.917 bits per heavy atom. The van der Waals surface area contributed by atoms with Crippen molar-refractivity contribution in [2.45, 2.75) is 46.6 Å². The molecule has 7 nitrogen and oxygen atoms in total. The van der Waals surface area contributed by atoms with E-state index in [4.69, 9.17) is 9.47 Å². The summed E-state index contributed by atoms with van der Waals surface area (Å²) in [7, 11) is 0. The maximum Gasteiger partial charge on any atom is 0.308 e. The minimum absolute atomic E-state index is 0.101. The van der Waals surface area contributed by atoms with Gasteiger partial charge in [0, 0.05) is 24.7 Å². The van der Waals surface area contributed by atoms with Crippen LogP contribution in [0.5, 0.6) is 11.5 Å². The van der Waals surface area contributed by atoms with Crippen molar-refractivity contribution in [2.24, 2.45) is 0 Å². The highest BCUT2D eigenvalue weighted by molar-refractivity contribution is 5.94. The highest BCUT2D eigenvalue weighted by Gasteiger charge is 2.19. The average Bonchev–Trinajstić information content (AvgIpc) is 2.82. The van der Waals surface area contributed by atoms with E-state index in [0.717, 1.165) is 16.7 Å². The Kier molecular flexibility index (Phi) is 8.48. The molecule has 7 heteroatoms. The third-order valence-corrected chi connectivity index (χ3v) is 5.35. The molecule has 0 atom stereocenters. The van der Waals surface area contributed by atoms with Crippen LogP contribution in [0.25, 0.3) is 0 Å². The van der Waals surface area contributed by atoms with Crippen molar-refractivity contribution < 1.29 is 23.9 Å². The number of amides is 2. The van der Waals surface area contributed by atoms with E-state index in [0.29, 0.717) is 29.3 Å². The van der Waals surface area contributed by atoms with E-state index >= 15 is 0 Å². The van der Waals surface area contributed by atoms with E-state index in [-0.39, 0.29) is 23.8 Å². The third kappa shape index (κ3) is 7.70. The average molecular weight is 489 g/mol. The Morgan fingerprint density at radius 3 is 2.31 bits per heavy atom. The number of carbonyl (C=O) groups excluding carboxylic acids is 3. The molecule has 2 amide bonds. The lowest BCUT2D eigenvalue weighted by Gasteiger charge is -2.23. The third-order valence-electron chi connectivity index (χ3n) is 5.35. The Hall–Kier alpha value is -4.13. The SMILES string of the molecule is CC(=O)Oc1cccc(C(=O)NCc2ccc(NC(=O)COc3ccc(C)cc3C(C)(C)C)cc2)c1. The Morgan fingerprint density at radius 2 is 1.64 bits per heavy atom. The van der Waals surface area contributed by atoms with E-state index < -0.39 is 5.97 Å². The molecule has 0 saturated heterocycles. The topological polar surface area (TPSA) is 93.7 Å². The van der Waals surface area contributed by atoms with Crippen LogP contribution < -0.4 is 20.1 Å². The smallest absolute Gasteiger partial charge is 0.308 e. The number of esters is 1. The second-order valence-electron chi connectivity index (χ2n) is 9.59. The predicted molar refractivity (Wildman–Crippen MR) is 139 cm³/mol. The summed E-state index contributed by atoms with van der Waals surface area (Å²) >= 11 is 0. The summed E-state index contributed by atoms with van der Waals surface area (Å²) in [6.07, 6.45) is 0.